The molecule has 3 rings (SSSR count). The second kappa shape index (κ2) is 3.84. The second-order valence-electron chi connectivity index (χ2n) is 4.68. The van der Waals surface area contributed by atoms with Crippen LogP contribution in [0.4, 0.5) is 0 Å². The number of aliphatic hydroxyl groups is 1. The molecule has 1 aliphatic heterocycles. The fraction of sp³-hybridized carbons (Fsp3) is 0.385. The summed E-state index contributed by atoms with van der Waals surface area (Å²) in [5, 5.41) is 10.5. The van der Waals surface area contributed by atoms with E-state index in [4.69, 9.17) is 14.9 Å². The van der Waals surface area contributed by atoms with E-state index in [0.29, 0.717) is 13.2 Å². The molecule has 0 spiro atoms. The number of furan rings is 1. The Labute approximate surface area is 99.0 Å². The largest absolute Gasteiger partial charge is 0.464 e. The summed E-state index contributed by atoms with van der Waals surface area (Å²) < 4.78 is 10.7. The van der Waals surface area contributed by atoms with E-state index in [-0.39, 0.29) is 18.1 Å². The maximum absolute atomic E-state index is 9.49. The molecule has 2 aromatic rings. The number of fused-ring (bicyclic) bond motifs is 1. The van der Waals surface area contributed by atoms with Crippen LogP contribution in [0.25, 0.3) is 11.0 Å². The average Bonchev–Trinajstić information content (AvgIpc) is 2.71. The van der Waals surface area contributed by atoms with Crippen molar-refractivity contribution in [2.24, 2.45) is 11.1 Å². The highest BCUT2D eigenvalue weighted by Gasteiger charge is 2.45. The van der Waals surface area contributed by atoms with Gasteiger partial charge in [-0.05, 0) is 6.07 Å². The molecule has 0 amide bonds. The van der Waals surface area contributed by atoms with Crippen molar-refractivity contribution in [3.63, 3.8) is 0 Å². The molecule has 1 aliphatic rings. The van der Waals surface area contributed by atoms with Crippen LogP contribution in [0.1, 0.15) is 11.6 Å². The zero-order valence-electron chi connectivity index (χ0n) is 9.43. The van der Waals surface area contributed by atoms with Crippen LogP contribution in [0.15, 0.2) is 34.9 Å². The highest BCUT2D eigenvalue weighted by molar-refractivity contribution is 5.81. The molecule has 0 saturated carbocycles. The molecule has 2 heterocycles. The number of nitrogens with two attached hydrogens (primary N) is 1. The first-order valence-electron chi connectivity index (χ1n) is 5.67. The third-order valence-corrected chi connectivity index (χ3v) is 3.60. The normalized spacial score (nSPS) is 20.1. The van der Waals surface area contributed by atoms with Crippen molar-refractivity contribution >= 4 is 11.0 Å². The molecular weight excluding hydrogens is 218 g/mol. The Hall–Kier alpha value is -1.36. The minimum absolute atomic E-state index is 0.0354. The van der Waals surface area contributed by atoms with E-state index in [1.54, 1.807) is 6.26 Å². The Kier molecular flexibility index (Phi) is 2.43. The fourth-order valence-corrected chi connectivity index (χ4v) is 2.30. The van der Waals surface area contributed by atoms with Crippen LogP contribution in [0, 0.1) is 5.41 Å². The molecule has 1 aromatic carbocycles. The molecule has 1 saturated heterocycles. The predicted molar refractivity (Wildman–Crippen MR) is 63.5 cm³/mol. The van der Waals surface area contributed by atoms with Crippen molar-refractivity contribution in [1.82, 2.24) is 0 Å². The Morgan fingerprint density at radius 3 is 2.76 bits per heavy atom. The van der Waals surface area contributed by atoms with E-state index < -0.39 is 0 Å². The summed E-state index contributed by atoms with van der Waals surface area (Å²) in [7, 11) is 0. The molecule has 1 atom stereocenters. The zero-order chi connectivity index (χ0) is 11.9. The zero-order valence-corrected chi connectivity index (χ0v) is 9.43. The number of benzene rings is 1. The molecule has 1 fully saturated rings. The lowest BCUT2D eigenvalue weighted by Gasteiger charge is -2.44. The van der Waals surface area contributed by atoms with E-state index in [1.807, 2.05) is 24.3 Å². The van der Waals surface area contributed by atoms with Gasteiger partial charge in [0.25, 0.3) is 0 Å². The molecule has 0 bridgehead atoms. The molecule has 90 valence electrons. The van der Waals surface area contributed by atoms with Gasteiger partial charge in [0.15, 0.2) is 0 Å². The Morgan fingerprint density at radius 1 is 1.35 bits per heavy atom. The second-order valence-corrected chi connectivity index (χ2v) is 4.68. The van der Waals surface area contributed by atoms with Crippen LogP contribution in [0.5, 0.6) is 0 Å². The number of aliphatic hydroxyl groups excluding tert-OH is 1. The lowest BCUT2D eigenvalue weighted by molar-refractivity contribution is -0.150. The van der Waals surface area contributed by atoms with Crippen LogP contribution in [0.2, 0.25) is 0 Å². The molecule has 1 unspecified atom stereocenters. The van der Waals surface area contributed by atoms with Crippen LogP contribution >= 0.6 is 0 Å². The van der Waals surface area contributed by atoms with Gasteiger partial charge in [0, 0.05) is 17.0 Å². The van der Waals surface area contributed by atoms with Crippen LogP contribution in [-0.2, 0) is 4.74 Å². The van der Waals surface area contributed by atoms with Crippen molar-refractivity contribution in [2.75, 3.05) is 19.8 Å². The average molecular weight is 233 g/mol. The molecule has 3 N–H and O–H groups in total. The summed E-state index contributed by atoms with van der Waals surface area (Å²) in [4.78, 5) is 0. The third-order valence-electron chi connectivity index (χ3n) is 3.60. The summed E-state index contributed by atoms with van der Waals surface area (Å²) in [5.74, 6) is 0. The van der Waals surface area contributed by atoms with Crippen molar-refractivity contribution < 1.29 is 14.3 Å². The van der Waals surface area contributed by atoms with Gasteiger partial charge in [-0.15, -0.1) is 0 Å². The Bertz CT molecular complexity index is 525. The monoisotopic (exact) mass is 233 g/mol. The topological polar surface area (TPSA) is 68.6 Å². The van der Waals surface area contributed by atoms with Gasteiger partial charge in [0.05, 0.1) is 31.5 Å². The van der Waals surface area contributed by atoms with Gasteiger partial charge in [0.2, 0.25) is 0 Å². The molecule has 1 aromatic heterocycles. The lowest BCUT2D eigenvalue weighted by atomic mass is 9.76. The van der Waals surface area contributed by atoms with Gasteiger partial charge < -0.3 is 20.0 Å². The summed E-state index contributed by atoms with van der Waals surface area (Å²) >= 11 is 0. The Balaban J connectivity index is 2.03. The van der Waals surface area contributed by atoms with Gasteiger partial charge >= 0.3 is 0 Å². The maximum Gasteiger partial charge on any atom is 0.134 e. The van der Waals surface area contributed by atoms with Crippen molar-refractivity contribution in [2.45, 2.75) is 6.04 Å². The summed E-state index contributed by atoms with van der Waals surface area (Å²) in [6.07, 6.45) is 1.69. The quantitative estimate of drug-likeness (QED) is 0.841. The highest BCUT2D eigenvalue weighted by atomic mass is 16.5. The minimum atomic E-state index is -0.355. The van der Waals surface area contributed by atoms with Crippen molar-refractivity contribution in [3.05, 3.63) is 36.1 Å². The minimum Gasteiger partial charge on any atom is -0.464 e. The third kappa shape index (κ3) is 1.49. The first-order chi connectivity index (χ1) is 8.27. The van der Waals surface area contributed by atoms with Gasteiger partial charge in [-0.1, -0.05) is 18.2 Å². The van der Waals surface area contributed by atoms with Gasteiger partial charge in [-0.2, -0.15) is 0 Å². The summed E-state index contributed by atoms with van der Waals surface area (Å²) in [6, 6.07) is 7.52. The molecule has 4 heteroatoms. The van der Waals surface area contributed by atoms with Crippen LogP contribution in [-0.4, -0.2) is 24.9 Å². The smallest absolute Gasteiger partial charge is 0.134 e. The standard InChI is InChI=1S/C13H15NO3/c14-12(13(6-15)7-16-8-13)10-5-17-11-4-2-1-3-9(10)11/h1-5,12,15H,6-8,14H2. The molecule has 4 nitrogen and oxygen atoms in total. The van der Waals surface area contributed by atoms with Gasteiger partial charge in [-0.3, -0.25) is 0 Å². The maximum atomic E-state index is 9.49. The van der Waals surface area contributed by atoms with Crippen LogP contribution in [0.3, 0.4) is 0 Å². The molecule has 17 heavy (non-hydrogen) atoms. The number of rotatable bonds is 3. The number of hydrogen-bond acceptors (Lipinski definition) is 4. The summed E-state index contributed by atoms with van der Waals surface area (Å²) in [5.41, 5.74) is 7.67. The van der Waals surface area contributed by atoms with E-state index in [2.05, 4.69) is 0 Å². The number of hydrogen-bond donors (Lipinski definition) is 2. The number of para-hydroxylation sites is 1. The highest BCUT2D eigenvalue weighted by Crippen LogP contribution is 2.41. The van der Waals surface area contributed by atoms with E-state index in [0.717, 1.165) is 16.5 Å². The lowest BCUT2D eigenvalue weighted by Crippen LogP contribution is -2.52. The van der Waals surface area contributed by atoms with E-state index in [1.165, 1.54) is 0 Å². The SMILES string of the molecule is NC(c1coc2ccccc12)C1(CO)COC1. The van der Waals surface area contributed by atoms with Crippen LogP contribution < -0.4 is 5.73 Å². The fourth-order valence-electron chi connectivity index (χ4n) is 2.30. The van der Waals surface area contributed by atoms with E-state index in [9.17, 15) is 5.11 Å². The Morgan fingerprint density at radius 2 is 2.12 bits per heavy atom. The molecule has 0 radical (unpaired) electrons. The predicted octanol–water partition coefficient (Wildman–Crippen LogP) is 1.44. The first kappa shape index (κ1) is 10.8. The first-order valence-corrected chi connectivity index (χ1v) is 5.67. The summed E-state index contributed by atoms with van der Waals surface area (Å²) in [6.45, 7) is 1.04. The van der Waals surface area contributed by atoms with E-state index >= 15 is 0 Å². The van der Waals surface area contributed by atoms with Crippen molar-refractivity contribution in [3.8, 4) is 0 Å². The number of ether oxygens (including phenoxy) is 1. The molecular formula is C13H15NO3. The van der Waals surface area contributed by atoms with Gasteiger partial charge in [0.1, 0.15) is 5.58 Å². The van der Waals surface area contributed by atoms with Gasteiger partial charge in [-0.25, -0.2) is 0 Å². The van der Waals surface area contributed by atoms with Crippen molar-refractivity contribution in [1.29, 1.82) is 0 Å². The molecule has 0 aliphatic carbocycles.